The quantitative estimate of drug-likeness (QED) is 0.143. The van der Waals surface area contributed by atoms with E-state index in [0.29, 0.717) is 12.5 Å². The second kappa shape index (κ2) is 14.6. The molecule has 9 heteroatoms. The molecule has 0 radical (unpaired) electrons. The molecule has 228 valence electrons. The maximum absolute atomic E-state index is 12.1. The van der Waals surface area contributed by atoms with Gasteiger partial charge in [0.15, 0.2) is 0 Å². The van der Waals surface area contributed by atoms with Crippen molar-refractivity contribution in [1.29, 1.82) is 0 Å². The summed E-state index contributed by atoms with van der Waals surface area (Å²) in [6.45, 7) is 5.13. The predicted molar refractivity (Wildman–Crippen MR) is 174 cm³/mol. The highest BCUT2D eigenvalue weighted by Crippen LogP contribution is 2.33. The highest BCUT2D eigenvalue weighted by Gasteiger charge is 2.19. The minimum absolute atomic E-state index is 0.0150. The fraction of sp³-hybridized carbons (Fsp3) is 0.324. The van der Waals surface area contributed by atoms with Crippen LogP contribution >= 0.6 is 11.3 Å². The Kier molecular flexibility index (Phi) is 10.9. The Bertz CT molecular complexity index is 1610. The van der Waals surface area contributed by atoms with E-state index in [1.807, 2.05) is 11.4 Å². The molecule has 3 aromatic carbocycles. The third-order valence-electron chi connectivity index (χ3n) is 7.39. The lowest BCUT2D eigenvalue weighted by molar-refractivity contribution is 0.0696. The van der Waals surface area contributed by atoms with E-state index in [1.165, 1.54) is 67.8 Å². The first-order valence-corrected chi connectivity index (χ1v) is 17.1. The van der Waals surface area contributed by atoms with E-state index in [2.05, 4.69) is 62.4 Å². The number of benzene rings is 3. The average molecular weight is 622 g/mol. The summed E-state index contributed by atoms with van der Waals surface area (Å²) in [7, 11) is -2.15. The molecule has 0 saturated heterocycles. The lowest BCUT2D eigenvalue weighted by Crippen LogP contribution is -2.25. The van der Waals surface area contributed by atoms with Crippen molar-refractivity contribution in [3.05, 3.63) is 99.7 Å². The number of hydrogen-bond donors (Lipinski definition) is 1. The van der Waals surface area contributed by atoms with Crippen molar-refractivity contribution in [1.82, 2.24) is 0 Å². The second-order valence-electron chi connectivity index (χ2n) is 10.6. The maximum atomic E-state index is 12.1. The maximum Gasteiger partial charge on any atom is 0.335 e. The zero-order chi connectivity index (χ0) is 31.0. The van der Waals surface area contributed by atoms with Gasteiger partial charge in [-0.05, 0) is 82.8 Å². The van der Waals surface area contributed by atoms with Crippen LogP contribution in [0.15, 0.2) is 78.2 Å². The second-order valence-corrected chi connectivity index (χ2v) is 13.6. The monoisotopic (exact) mass is 621 g/mol. The normalized spacial score (nSPS) is 11.5. The molecule has 0 atom stereocenters. The highest BCUT2D eigenvalue weighted by atomic mass is 32.2. The molecule has 0 spiro atoms. The number of aromatic carboxylic acids is 1. The Balaban J connectivity index is 1.37. The fourth-order valence-electron chi connectivity index (χ4n) is 4.93. The Morgan fingerprint density at radius 3 is 2.16 bits per heavy atom. The highest BCUT2D eigenvalue weighted by molar-refractivity contribution is 7.92. The van der Waals surface area contributed by atoms with E-state index in [0.717, 1.165) is 37.9 Å². The first-order valence-electron chi connectivity index (χ1n) is 14.4. The van der Waals surface area contributed by atoms with Gasteiger partial charge < -0.3 is 14.6 Å². The van der Waals surface area contributed by atoms with Gasteiger partial charge in [-0.2, -0.15) is 0 Å². The van der Waals surface area contributed by atoms with Crippen molar-refractivity contribution in [2.75, 3.05) is 17.6 Å². The lowest BCUT2D eigenvalue weighted by atomic mass is 9.90. The van der Waals surface area contributed by atoms with Crippen LogP contribution in [-0.4, -0.2) is 32.8 Å². The van der Waals surface area contributed by atoms with Gasteiger partial charge in [-0.3, -0.25) is 4.31 Å². The minimum atomic E-state index is -3.56. The van der Waals surface area contributed by atoms with Crippen LogP contribution in [0.1, 0.15) is 71.8 Å². The molecule has 7 nitrogen and oxygen atoms in total. The molecule has 1 aromatic heterocycles. The molecule has 0 aliphatic rings. The summed E-state index contributed by atoms with van der Waals surface area (Å²) in [4.78, 5) is 12.4. The minimum Gasteiger partial charge on any atom is -0.489 e. The van der Waals surface area contributed by atoms with Crippen molar-refractivity contribution in [2.24, 2.45) is 0 Å². The fourth-order valence-corrected chi connectivity index (χ4v) is 6.24. The molecule has 0 bridgehead atoms. The van der Waals surface area contributed by atoms with Gasteiger partial charge in [-0.25, -0.2) is 13.2 Å². The zero-order valence-electron chi connectivity index (χ0n) is 25.1. The zero-order valence-corrected chi connectivity index (χ0v) is 26.7. The van der Waals surface area contributed by atoms with Crippen molar-refractivity contribution in [3.63, 3.8) is 0 Å². The smallest absolute Gasteiger partial charge is 0.335 e. The number of anilines is 1. The first kappa shape index (κ1) is 32.1. The molecule has 0 aliphatic heterocycles. The molecule has 0 fully saturated rings. The van der Waals surface area contributed by atoms with Crippen LogP contribution < -0.4 is 13.8 Å². The number of nitrogens with zero attached hydrogens (tertiary/aromatic N) is 1. The number of rotatable bonds is 15. The standard InChI is InChI=1S/C34H39NO6S2/c1-5-7-25(8-6-2)26-13-16-30(17-14-26)40-21-24-9-11-27(12-10-24)29-19-31(42-23-29)22-41-33-20-28(34(36)37)15-18-32(33)35(3)43(4,38)39/h9-20,23,25H,5-8,21-22H2,1-4H3,(H,36,37). The van der Waals surface area contributed by atoms with Gasteiger partial charge in [-0.1, -0.05) is 63.1 Å². The Morgan fingerprint density at radius 2 is 1.56 bits per heavy atom. The van der Waals surface area contributed by atoms with Crippen molar-refractivity contribution in [2.45, 2.75) is 58.7 Å². The lowest BCUT2D eigenvalue weighted by Gasteiger charge is -2.20. The van der Waals surface area contributed by atoms with Crippen LogP contribution in [0, 0.1) is 0 Å². The van der Waals surface area contributed by atoms with Crippen LogP contribution in [0.4, 0.5) is 5.69 Å². The molecular weight excluding hydrogens is 583 g/mol. The largest absolute Gasteiger partial charge is 0.489 e. The molecule has 4 aromatic rings. The van der Waals surface area contributed by atoms with Gasteiger partial charge in [0.2, 0.25) is 10.0 Å². The number of thiophene rings is 1. The van der Waals surface area contributed by atoms with E-state index >= 15 is 0 Å². The van der Waals surface area contributed by atoms with Crippen LogP contribution in [0.5, 0.6) is 11.5 Å². The Hall–Kier alpha value is -3.82. The summed E-state index contributed by atoms with van der Waals surface area (Å²) < 4.78 is 37.3. The SMILES string of the molecule is CCCC(CCC)c1ccc(OCc2ccc(-c3csc(COc4cc(C(=O)O)ccc4N(C)S(C)(=O)=O)c3)cc2)cc1. The van der Waals surface area contributed by atoms with E-state index in [1.54, 1.807) is 0 Å². The molecule has 0 saturated carbocycles. The third kappa shape index (κ3) is 8.61. The molecule has 1 N–H and O–H groups in total. The number of hydrogen-bond acceptors (Lipinski definition) is 6. The third-order valence-corrected chi connectivity index (χ3v) is 9.49. The van der Waals surface area contributed by atoms with E-state index < -0.39 is 16.0 Å². The number of carbonyl (C=O) groups is 1. The number of carboxylic acids is 1. The summed E-state index contributed by atoms with van der Waals surface area (Å²) in [5.74, 6) is 0.542. The van der Waals surface area contributed by atoms with Crippen LogP contribution in [0.25, 0.3) is 11.1 Å². The van der Waals surface area contributed by atoms with Crippen LogP contribution in [-0.2, 0) is 23.2 Å². The molecule has 0 amide bonds. The van der Waals surface area contributed by atoms with Gasteiger partial charge in [0.25, 0.3) is 0 Å². The van der Waals surface area contributed by atoms with E-state index in [-0.39, 0.29) is 23.6 Å². The molecule has 1 heterocycles. The topological polar surface area (TPSA) is 93.1 Å². The van der Waals surface area contributed by atoms with Crippen LogP contribution in [0.3, 0.4) is 0 Å². The summed E-state index contributed by atoms with van der Waals surface area (Å²) in [6, 6.07) is 22.9. The van der Waals surface area contributed by atoms with Crippen molar-refractivity contribution >= 4 is 33.0 Å². The molecule has 4 rings (SSSR count). The van der Waals surface area contributed by atoms with Crippen LogP contribution in [0.2, 0.25) is 0 Å². The first-order chi connectivity index (χ1) is 20.6. The Morgan fingerprint density at radius 1 is 0.884 bits per heavy atom. The van der Waals surface area contributed by atoms with Gasteiger partial charge >= 0.3 is 5.97 Å². The predicted octanol–water partition coefficient (Wildman–Crippen LogP) is 8.35. The molecule has 0 unspecified atom stereocenters. The summed E-state index contributed by atoms with van der Waals surface area (Å²) >= 11 is 1.52. The van der Waals surface area contributed by atoms with Gasteiger partial charge in [0, 0.05) is 11.9 Å². The van der Waals surface area contributed by atoms with E-state index in [9.17, 15) is 18.3 Å². The van der Waals surface area contributed by atoms with Gasteiger partial charge in [-0.15, -0.1) is 11.3 Å². The number of ether oxygens (including phenoxy) is 2. The Labute approximate surface area is 258 Å². The van der Waals surface area contributed by atoms with Crippen molar-refractivity contribution < 1.29 is 27.8 Å². The summed E-state index contributed by atoms with van der Waals surface area (Å²) in [6.07, 6.45) is 5.88. The number of carboxylic acid groups (broad SMARTS) is 1. The van der Waals surface area contributed by atoms with Gasteiger partial charge in [0.1, 0.15) is 24.7 Å². The summed E-state index contributed by atoms with van der Waals surface area (Å²) in [5.41, 5.74) is 4.84. The van der Waals surface area contributed by atoms with Crippen molar-refractivity contribution in [3.8, 4) is 22.6 Å². The summed E-state index contributed by atoms with van der Waals surface area (Å²) in [5, 5.41) is 11.4. The molecular formula is C34H39NO6S2. The van der Waals surface area contributed by atoms with Gasteiger partial charge in [0.05, 0.1) is 17.5 Å². The average Bonchev–Trinajstić information content (AvgIpc) is 3.47. The molecule has 0 aliphatic carbocycles. The molecule has 43 heavy (non-hydrogen) atoms. The van der Waals surface area contributed by atoms with E-state index in [4.69, 9.17) is 9.47 Å². The number of sulfonamides is 1.